The Morgan fingerprint density at radius 2 is 2.11 bits per heavy atom. The third-order valence-electron chi connectivity index (χ3n) is 2.65. The Labute approximate surface area is 110 Å². The molecule has 6 heteroatoms. The van der Waals surface area contributed by atoms with Gasteiger partial charge in [-0.1, -0.05) is 30.3 Å². The molecule has 1 aromatic heterocycles. The van der Waals surface area contributed by atoms with Gasteiger partial charge in [-0.2, -0.15) is 0 Å². The van der Waals surface area contributed by atoms with E-state index in [0.717, 1.165) is 5.56 Å². The van der Waals surface area contributed by atoms with Crippen molar-refractivity contribution in [1.29, 1.82) is 0 Å². The number of amides is 1. The molecule has 6 nitrogen and oxygen atoms in total. The van der Waals surface area contributed by atoms with Crippen LogP contribution < -0.4 is 5.01 Å². The molecule has 1 atom stereocenters. The molecule has 0 radical (unpaired) electrons. The lowest BCUT2D eigenvalue weighted by Crippen LogP contribution is -2.36. The fraction of sp³-hybridized carbons (Fsp3) is 0.154. The number of ether oxygens (including phenoxy) is 1. The lowest BCUT2D eigenvalue weighted by atomic mass is 10.1. The molecule has 1 unspecified atom stereocenters. The minimum absolute atomic E-state index is 0.211. The van der Waals surface area contributed by atoms with Gasteiger partial charge in [0.05, 0.1) is 6.54 Å². The summed E-state index contributed by atoms with van der Waals surface area (Å²) in [5.41, 5.74) is 0.821. The quantitative estimate of drug-likeness (QED) is 0.693. The molecule has 0 saturated heterocycles. The van der Waals surface area contributed by atoms with Crippen LogP contribution in [0.25, 0.3) is 0 Å². The van der Waals surface area contributed by atoms with Gasteiger partial charge in [-0.15, -0.1) is 0 Å². The number of carbonyl (C=O) groups is 2. The molecule has 1 amide bonds. The number of benzene rings is 1. The van der Waals surface area contributed by atoms with Crippen LogP contribution in [0.2, 0.25) is 0 Å². The maximum atomic E-state index is 11.1. The minimum atomic E-state index is -0.522. The van der Waals surface area contributed by atoms with Crippen molar-refractivity contribution in [2.75, 3.05) is 11.6 Å². The number of hydrogen-bond acceptors (Lipinski definition) is 4. The molecule has 0 aliphatic carbocycles. The van der Waals surface area contributed by atoms with Gasteiger partial charge in [0, 0.05) is 12.4 Å². The smallest absolute Gasteiger partial charge is 0.293 e. The summed E-state index contributed by atoms with van der Waals surface area (Å²) in [6.45, 7) is 0.594. The molecule has 0 fully saturated rings. The van der Waals surface area contributed by atoms with Crippen molar-refractivity contribution in [3.63, 3.8) is 0 Å². The van der Waals surface area contributed by atoms with Crippen molar-refractivity contribution < 1.29 is 14.3 Å². The van der Waals surface area contributed by atoms with Gasteiger partial charge < -0.3 is 4.74 Å². The molecular formula is C13H13N3O3. The highest BCUT2D eigenvalue weighted by Gasteiger charge is 2.17. The van der Waals surface area contributed by atoms with E-state index in [-0.39, 0.29) is 6.54 Å². The van der Waals surface area contributed by atoms with E-state index in [0.29, 0.717) is 12.9 Å². The average molecular weight is 259 g/mol. The van der Waals surface area contributed by atoms with Crippen molar-refractivity contribution >= 4 is 12.9 Å². The predicted molar refractivity (Wildman–Crippen MR) is 67.7 cm³/mol. The van der Waals surface area contributed by atoms with Gasteiger partial charge in [0.25, 0.3) is 6.47 Å². The number of rotatable bonds is 7. The van der Waals surface area contributed by atoms with Crippen molar-refractivity contribution in [3.8, 4) is 0 Å². The highest BCUT2D eigenvalue weighted by Crippen LogP contribution is 2.16. The largest absolute Gasteiger partial charge is 0.458 e. The second-order valence-electron chi connectivity index (χ2n) is 3.80. The Hall–Kier alpha value is -2.63. The molecule has 0 N–H and O–H groups in total. The SMILES string of the molecule is O=COC(CN(C=O)n1ccnc1)c1ccccc1. The maximum absolute atomic E-state index is 11.1. The van der Waals surface area contributed by atoms with E-state index >= 15 is 0 Å². The Bertz CT molecular complexity index is 513. The Balaban J connectivity index is 2.16. The van der Waals surface area contributed by atoms with E-state index in [4.69, 9.17) is 4.74 Å². The average Bonchev–Trinajstić information content (AvgIpc) is 2.98. The van der Waals surface area contributed by atoms with Gasteiger partial charge in [-0.05, 0) is 5.56 Å². The second-order valence-corrected chi connectivity index (χ2v) is 3.80. The monoisotopic (exact) mass is 259 g/mol. The molecular weight excluding hydrogens is 246 g/mol. The first-order chi connectivity index (χ1) is 9.35. The van der Waals surface area contributed by atoms with Crippen molar-refractivity contribution in [2.24, 2.45) is 0 Å². The van der Waals surface area contributed by atoms with Crippen LogP contribution >= 0.6 is 0 Å². The van der Waals surface area contributed by atoms with E-state index in [1.165, 1.54) is 16.0 Å². The van der Waals surface area contributed by atoms with Crippen LogP contribution in [0, 0.1) is 0 Å². The van der Waals surface area contributed by atoms with Gasteiger partial charge in [0.1, 0.15) is 12.4 Å². The zero-order chi connectivity index (χ0) is 13.5. The lowest BCUT2D eigenvalue weighted by Gasteiger charge is -2.23. The summed E-state index contributed by atoms with van der Waals surface area (Å²) in [4.78, 5) is 25.6. The van der Waals surface area contributed by atoms with Crippen LogP contribution in [0.4, 0.5) is 0 Å². The third-order valence-corrected chi connectivity index (χ3v) is 2.65. The Morgan fingerprint density at radius 3 is 2.68 bits per heavy atom. The second kappa shape index (κ2) is 6.34. The predicted octanol–water partition coefficient (Wildman–Crippen LogP) is 0.892. The summed E-state index contributed by atoms with van der Waals surface area (Å²) in [5.74, 6) is 0. The zero-order valence-electron chi connectivity index (χ0n) is 10.1. The summed E-state index contributed by atoms with van der Waals surface area (Å²) in [5, 5.41) is 1.37. The number of aromatic nitrogens is 2. The van der Waals surface area contributed by atoms with E-state index in [1.807, 2.05) is 30.3 Å². The van der Waals surface area contributed by atoms with Crippen LogP contribution in [0.15, 0.2) is 49.1 Å². The Morgan fingerprint density at radius 1 is 1.32 bits per heavy atom. The van der Waals surface area contributed by atoms with Crippen LogP contribution in [0.1, 0.15) is 11.7 Å². The first-order valence-electron chi connectivity index (χ1n) is 5.69. The van der Waals surface area contributed by atoms with Gasteiger partial charge in [0.2, 0.25) is 6.41 Å². The van der Waals surface area contributed by atoms with Gasteiger partial charge in [0.15, 0.2) is 0 Å². The Kier molecular flexibility index (Phi) is 4.28. The maximum Gasteiger partial charge on any atom is 0.293 e. The fourth-order valence-electron chi connectivity index (χ4n) is 1.73. The molecule has 0 saturated carbocycles. The molecule has 2 aromatic rings. The zero-order valence-corrected chi connectivity index (χ0v) is 10.1. The number of nitrogens with zero attached hydrogens (tertiary/aromatic N) is 3. The molecule has 2 rings (SSSR count). The molecule has 0 aliphatic heterocycles. The van der Waals surface area contributed by atoms with Gasteiger partial charge >= 0.3 is 0 Å². The van der Waals surface area contributed by atoms with Crippen LogP contribution in [0.5, 0.6) is 0 Å². The fourth-order valence-corrected chi connectivity index (χ4v) is 1.73. The van der Waals surface area contributed by atoms with E-state index < -0.39 is 6.10 Å². The molecule has 19 heavy (non-hydrogen) atoms. The standard InChI is InChI=1S/C13H13N3O3/c17-10-16(15-7-6-14-9-15)8-13(19-11-18)12-4-2-1-3-5-12/h1-7,9-11,13H,8H2. The molecule has 98 valence electrons. The van der Waals surface area contributed by atoms with E-state index in [1.54, 1.807) is 12.4 Å². The van der Waals surface area contributed by atoms with E-state index in [2.05, 4.69) is 4.98 Å². The number of imidazole rings is 1. The summed E-state index contributed by atoms with van der Waals surface area (Å²) in [6, 6.07) is 9.24. The number of carbonyl (C=O) groups excluding carboxylic acids is 2. The van der Waals surface area contributed by atoms with Gasteiger partial charge in [-0.25, -0.2) is 14.7 Å². The van der Waals surface area contributed by atoms with Crippen LogP contribution in [-0.4, -0.2) is 29.1 Å². The topological polar surface area (TPSA) is 64.4 Å². The molecule has 0 spiro atoms. The van der Waals surface area contributed by atoms with Crippen molar-refractivity contribution in [3.05, 3.63) is 54.6 Å². The van der Waals surface area contributed by atoms with Crippen LogP contribution in [0.3, 0.4) is 0 Å². The van der Waals surface area contributed by atoms with Crippen molar-refractivity contribution in [2.45, 2.75) is 6.10 Å². The highest BCUT2D eigenvalue weighted by molar-refractivity contribution is 5.60. The molecule has 0 aliphatic rings. The summed E-state index contributed by atoms with van der Waals surface area (Å²) in [6.07, 6.45) is 4.83. The van der Waals surface area contributed by atoms with E-state index in [9.17, 15) is 9.59 Å². The first-order valence-corrected chi connectivity index (χ1v) is 5.69. The summed E-state index contributed by atoms with van der Waals surface area (Å²) < 4.78 is 6.57. The molecule has 0 bridgehead atoms. The minimum Gasteiger partial charge on any atom is -0.458 e. The van der Waals surface area contributed by atoms with Crippen LogP contribution in [-0.2, 0) is 14.3 Å². The van der Waals surface area contributed by atoms with Crippen molar-refractivity contribution in [1.82, 2.24) is 9.66 Å². The first kappa shape index (κ1) is 12.8. The highest BCUT2D eigenvalue weighted by atomic mass is 16.5. The summed E-state index contributed by atoms with van der Waals surface area (Å²) >= 11 is 0. The normalized spacial score (nSPS) is 11.6. The summed E-state index contributed by atoms with van der Waals surface area (Å²) in [7, 11) is 0. The lowest BCUT2D eigenvalue weighted by molar-refractivity contribution is -0.134. The molecule has 1 aromatic carbocycles. The molecule has 1 heterocycles. The number of hydrogen-bond donors (Lipinski definition) is 0. The van der Waals surface area contributed by atoms with Gasteiger partial charge in [-0.3, -0.25) is 9.59 Å². The third kappa shape index (κ3) is 3.19.